The third-order valence-electron chi connectivity index (χ3n) is 6.51. The standard InChI is InChI=1S/C28H23N7O11S4/c1-11(36)44-16-4-3-13(7-17(16)45-12(2)37)22(27(42)43)46-33-19(15-10-49-28(29)31-15)23(38)32-20-24(39)35-21(26(40)41)14(9-48-25(20)35)5-6-47-18-8-30-34-50-18/h3-8,10,20,22,25H,9H2,1-2H3,(H2,29,31)(H,32,38)(H,40,41)(H,42,43)/t20-,22-,25+/m1/s1. The van der Waals surface area contributed by atoms with Crippen LogP contribution >= 0.6 is 46.4 Å². The van der Waals surface area contributed by atoms with E-state index in [2.05, 4.69) is 25.0 Å². The number of esters is 2. The number of oxime groups is 1. The van der Waals surface area contributed by atoms with E-state index in [1.54, 1.807) is 17.7 Å². The molecule has 3 atom stereocenters. The summed E-state index contributed by atoms with van der Waals surface area (Å²) in [6, 6.07) is 2.31. The van der Waals surface area contributed by atoms with Gasteiger partial charge in [0, 0.05) is 30.5 Å². The smallest absolute Gasteiger partial charge is 0.352 e. The quantitative estimate of drug-likeness (QED) is 0.0485. The Morgan fingerprint density at radius 3 is 2.52 bits per heavy atom. The number of carbonyl (C=O) groups excluding carboxylic acids is 4. The fourth-order valence-electron chi connectivity index (χ4n) is 4.49. The number of thioether (sulfide) groups is 2. The van der Waals surface area contributed by atoms with Crippen LogP contribution in [0.15, 0.2) is 61.9 Å². The molecule has 0 saturated carbocycles. The number of nitrogens with two attached hydrogens (primary N) is 1. The lowest BCUT2D eigenvalue weighted by Gasteiger charge is -2.49. The van der Waals surface area contributed by atoms with Gasteiger partial charge in [0.1, 0.15) is 27.0 Å². The van der Waals surface area contributed by atoms with Crippen molar-refractivity contribution in [2.75, 3.05) is 11.5 Å². The Morgan fingerprint density at radius 2 is 1.90 bits per heavy atom. The molecule has 5 N–H and O–H groups in total. The second-order valence-corrected chi connectivity index (χ2v) is 13.9. The highest BCUT2D eigenvalue weighted by Crippen LogP contribution is 2.41. The Hall–Kier alpha value is -5.32. The molecule has 50 heavy (non-hydrogen) atoms. The largest absolute Gasteiger partial charge is 0.478 e. The highest BCUT2D eigenvalue weighted by Gasteiger charge is 2.54. The topological polar surface area (TPSA) is 263 Å². The Labute approximate surface area is 297 Å². The molecule has 22 heteroatoms. The van der Waals surface area contributed by atoms with Crippen molar-refractivity contribution >= 4 is 92.9 Å². The maximum atomic E-state index is 13.6. The van der Waals surface area contributed by atoms with Gasteiger partial charge in [-0.15, -0.1) is 28.2 Å². The van der Waals surface area contributed by atoms with E-state index in [0.29, 0.717) is 5.57 Å². The van der Waals surface area contributed by atoms with Crippen molar-refractivity contribution in [3.8, 4) is 11.5 Å². The summed E-state index contributed by atoms with van der Waals surface area (Å²) < 4.78 is 14.6. The summed E-state index contributed by atoms with van der Waals surface area (Å²) in [6.07, 6.45) is 1.26. The minimum absolute atomic E-state index is 0.0395. The van der Waals surface area contributed by atoms with Crippen LogP contribution in [-0.2, 0) is 33.6 Å². The highest BCUT2D eigenvalue weighted by atomic mass is 32.2. The Balaban J connectivity index is 1.37. The average Bonchev–Trinajstić information content (AvgIpc) is 3.73. The summed E-state index contributed by atoms with van der Waals surface area (Å²) >= 11 is 4.62. The predicted octanol–water partition coefficient (Wildman–Crippen LogP) is 2.02. The zero-order valence-corrected chi connectivity index (χ0v) is 28.8. The van der Waals surface area contributed by atoms with Gasteiger partial charge in [0.05, 0.1) is 6.20 Å². The van der Waals surface area contributed by atoms with Gasteiger partial charge in [-0.05, 0) is 40.7 Å². The fraction of sp³-hybridized carbons (Fsp3) is 0.214. The van der Waals surface area contributed by atoms with Crippen LogP contribution < -0.4 is 20.5 Å². The van der Waals surface area contributed by atoms with E-state index in [0.717, 1.165) is 40.4 Å². The molecule has 0 unspecified atom stereocenters. The molecular weight excluding hydrogens is 739 g/mol. The van der Waals surface area contributed by atoms with E-state index < -0.39 is 58.9 Å². The molecule has 0 radical (unpaired) electrons. The number of thiazole rings is 1. The molecule has 2 aliphatic heterocycles. The van der Waals surface area contributed by atoms with Crippen LogP contribution in [0.3, 0.4) is 0 Å². The SMILES string of the molecule is CC(=O)Oc1ccc([C@@H](ON=C(C(=O)N[C@@H]2C(=O)N3C(C(=O)O)=C(C=CSc4cnns4)CS[C@@H]23)c2csc(N)n2)C(=O)O)cc1OC(C)=O. The van der Waals surface area contributed by atoms with Gasteiger partial charge in [0.15, 0.2) is 22.3 Å². The van der Waals surface area contributed by atoms with E-state index in [4.69, 9.17) is 20.0 Å². The number of carboxylic acids is 2. The van der Waals surface area contributed by atoms with Crippen LogP contribution in [-0.4, -0.2) is 88.3 Å². The molecule has 0 aliphatic carbocycles. The van der Waals surface area contributed by atoms with Gasteiger partial charge in [-0.3, -0.25) is 24.1 Å². The Bertz CT molecular complexity index is 1960. The predicted molar refractivity (Wildman–Crippen MR) is 178 cm³/mol. The number of allylic oxidation sites excluding steroid dienone is 1. The number of carbonyl (C=O) groups is 6. The number of amides is 2. The third-order valence-corrected chi connectivity index (χ3v) is 10.1. The van der Waals surface area contributed by atoms with E-state index in [9.17, 15) is 39.0 Å². The first-order valence-corrected chi connectivity index (χ1v) is 17.4. The molecule has 0 bridgehead atoms. The molecule has 260 valence electrons. The van der Waals surface area contributed by atoms with Gasteiger partial charge in [-0.1, -0.05) is 27.5 Å². The van der Waals surface area contributed by atoms with Crippen molar-refractivity contribution in [1.82, 2.24) is 24.8 Å². The lowest BCUT2D eigenvalue weighted by Crippen LogP contribution is -2.71. The van der Waals surface area contributed by atoms with Crippen LogP contribution in [0.25, 0.3) is 0 Å². The molecule has 2 aromatic heterocycles. The maximum Gasteiger partial charge on any atom is 0.352 e. The number of aliphatic carboxylic acids is 2. The zero-order valence-electron chi connectivity index (χ0n) is 25.5. The fourth-order valence-corrected chi connectivity index (χ4v) is 7.54. The van der Waals surface area contributed by atoms with Gasteiger partial charge in [0.25, 0.3) is 11.8 Å². The molecule has 0 spiro atoms. The number of fused-ring (bicyclic) bond motifs is 1. The van der Waals surface area contributed by atoms with Gasteiger partial charge in [-0.2, -0.15) is 0 Å². The van der Waals surface area contributed by atoms with Crippen LogP contribution in [0.1, 0.15) is 31.2 Å². The van der Waals surface area contributed by atoms with Crippen molar-refractivity contribution in [2.24, 2.45) is 5.16 Å². The van der Waals surface area contributed by atoms with Crippen molar-refractivity contribution in [1.29, 1.82) is 0 Å². The number of hydrogen-bond donors (Lipinski definition) is 4. The molecule has 1 fully saturated rings. The van der Waals surface area contributed by atoms with E-state index in [-0.39, 0.29) is 39.3 Å². The average molecular weight is 762 g/mol. The summed E-state index contributed by atoms with van der Waals surface area (Å²) in [6.45, 7) is 2.20. The first kappa shape index (κ1) is 36.0. The number of nitrogens with one attached hydrogen (secondary N) is 1. The van der Waals surface area contributed by atoms with Gasteiger partial charge >= 0.3 is 23.9 Å². The first-order valence-electron chi connectivity index (χ1n) is 13.8. The van der Waals surface area contributed by atoms with Crippen LogP contribution in [0, 0.1) is 0 Å². The molecule has 18 nitrogen and oxygen atoms in total. The van der Waals surface area contributed by atoms with Crippen molar-refractivity contribution in [2.45, 2.75) is 35.6 Å². The monoisotopic (exact) mass is 761 g/mol. The summed E-state index contributed by atoms with van der Waals surface area (Å²) in [5.41, 5.74) is 5.14. The summed E-state index contributed by atoms with van der Waals surface area (Å²) in [4.78, 5) is 84.8. The normalized spacial score (nSPS) is 17.8. The van der Waals surface area contributed by atoms with Crippen LogP contribution in [0.4, 0.5) is 5.13 Å². The molecule has 2 amide bonds. The molecule has 4 heterocycles. The minimum Gasteiger partial charge on any atom is -0.478 e. The summed E-state index contributed by atoms with van der Waals surface area (Å²) in [5.74, 6) is -6.35. The lowest BCUT2D eigenvalue weighted by molar-refractivity contribution is -0.151. The van der Waals surface area contributed by atoms with Crippen LogP contribution in [0.2, 0.25) is 0 Å². The van der Waals surface area contributed by atoms with Gasteiger partial charge in [-0.25, -0.2) is 14.6 Å². The highest BCUT2D eigenvalue weighted by molar-refractivity contribution is 8.03. The van der Waals surface area contributed by atoms with Crippen molar-refractivity contribution in [3.05, 3.63) is 63.8 Å². The van der Waals surface area contributed by atoms with Crippen molar-refractivity contribution < 1.29 is 53.3 Å². The second-order valence-electron chi connectivity index (χ2n) is 9.93. The minimum atomic E-state index is -1.88. The molecular formula is C28H23N7O11S4. The molecule has 1 saturated heterocycles. The number of ether oxygens (including phenoxy) is 2. The zero-order chi connectivity index (χ0) is 36.1. The number of nitrogens with zero attached hydrogens (tertiary/aromatic N) is 5. The van der Waals surface area contributed by atoms with E-state index >= 15 is 0 Å². The molecule has 2 aliphatic rings. The number of rotatable bonds is 13. The Morgan fingerprint density at radius 1 is 1.16 bits per heavy atom. The van der Waals surface area contributed by atoms with Crippen LogP contribution in [0.5, 0.6) is 11.5 Å². The van der Waals surface area contributed by atoms with Gasteiger partial charge in [0.2, 0.25) is 6.10 Å². The number of β-lactam (4-membered cyclic amide) rings is 1. The number of aromatic nitrogens is 3. The van der Waals surface area contributed by atoms with E-state index in [1.165, 1.54) is 52.6 Å². The number of hydrogen-bond acceptors (Lipinski definition) is 18. The number of nitrogen functional groups attached to an aromatic ring is 1. The third kappa shape index (κ3) is 8.10. The Kier molecular flexibility index (Phi) is 11.1. The number of benzene rings is 1. The first-order chi connectivity index (χ1) is 23.8. The maximum absolute atomic E-state index is 13.6. The number of carboxylic acid groups (broad SMARTS) is 2. The van der Waals surface area contributed by atoms with Gasteiger partial charge < -0.3 is 35.6 Å². The van der Waals surface area contributed by atoms with E-state index in [1.807, 2.05) is 0 Å². The van der Waals surface area contributed by atoms with Crippen molar-refractivity contribution in [3.63, 3.8) is 0 Å². The summed E-state index contributed by atoms with van der Waals surface area (Å²) in [5, 5.41) is 32.2. The lowest BCUT2D eigenvalue weighted by atomic mass is 10.0. The summed E-state index contributed by atoms with van der Waals surface area (Å²) in [7, 11) is 0. The second kappa shape index (κ2) is 15.5. The number of anilines is 1. The molecule has 1 aromatic carbocycles. The molecule has 5 rings (SSSR count). The molecule has 3 aromatic rings.